The van der Waals surface area contributed by atoms with Gasteiger partial charge in [-0.05, 0) is 25.1 Å². The predicted molar refractivity (Wildman–Crippen MR) is 84.2 cm³/mol. The minimum Gasteiger partial charge on any atom is -0.338 e. The molecule has 0 atom stereocenters. The van der Waals surface area contributed by atoms with Gasteiger partial charge in [0.15, 0.2) is 0 Å². The third-order valence-electron chi connectivity index (χ3n) is 3.68. The first kappa shape index (κ1) is 14.9. The van der Waals surface area contributed by atoms with Crippen molar-refractivity contribution in [3.8, 4) is 0 Å². The average molecular weight is 318 g/mol. The lowest BCUT2D eigenvalue weighted by molar-refractivity contribution is 0.382. The van der Waals surface area contributed by atoms with E-state index >= 15 is 0 Å². The van der Waals surface area contributed by atoms with Crippen LogP contribution in [0.1, 0.15) is 5.69 Å². The average Bonchev–Trinajstić information content (AvgIpc) is 2.56. The van der Waals surface area contributed by atoms with Crippen LogP contribution < -0.4 is 4.90 Å². The van der Waals surface area contributed by atoms with E-state index in [2.05, 4.69) is 9.97 Å². The molecule has 0 amide bonds. The Morgan fingerprint density at radius 3 is 2.32 bits per heavy atom. The highest BCUT2D eigenvalue weighted by Crippen LogP contribution is 2.18. The van der Waals surface area contributed by atoms with Gasteiger partial charge >= 0.3 is 0 Å². The smallest absolute Gasteiger partial charge is 0.243 e. The quantitative estimate of drug-likeness (QED) is 0.853. The van der Waals surface area contributed by atoms with Gasteiger partial charge in [0.25, 0.3) is 0 Å². The molecule has 0 N–H and O–H groups in total. The topological polar surface area (TPSA) is 66.4 Å². The molecule has 0 unspecified atom stereocenters. The Kier molecular flexibility index (Phi) is 4.08. The van der Waals surface area contributed by atoms with Crippen LogP contribution in [0.5, 0.6) is 0 Å². The Labute approximate surface area is 130 Å². The van der Waals surface area contributed by atoms with Gasteiger partial charge in [0.2, 0.25) is 16.0 Å². The molecule has 3 rings (SSSR count). The maximum absolute atomic E-state index is 12.6. The molecule has 0 aliphatic carbocycles. The van der Waals surface area contributed by atoms with Crippen LogP contribution in [0.15, 0.2) is 47.5 Å². The molecule has 7 heteroatoms. The van der Waals surface area contributed by atoms with Gasteiger partial charge in [0, 0.05) is 38.1 Å². The van der Waals surface area contributed by atoms with E-state index in [0.717, 1.165) is 5.69 Å². The lowest BCUT2D eigenvalue weighted by Gasteiger charge is -2.34. The summed E-state index contributed by atoms with van der Waals surface area (Å²) >= 11 is 0. The number of piperazine rings is 1. The number of sulfonamides is 1. The number of hydrogen-bond acceptors (Lipinski definition) is 5. The normalized spacial score (nSPS) is 16.7. The van der Waals surface area contributed by atoms with Gasteiger partial charge in [-0.25, -0.2) is 18.4 Å². The number of hydrogen-bond donors (Lipinski definition) is 0. The van der Waals surface area contributed by atoms with Crippen molar-refractivity contribution >= 4 is 16.0 Å². The second-order valence-electron chi connectivity index (χ2n) is 5.20. The van der Waals surface area contributed by atoms with E-state index in [4.69, 9.17) is 0 Å². The SMILES string of the molecule is Cc1ccnc(N2CCN(S(=O)(=O)c3ccccc3)CC2)n1. The number of benzene rings is 1. The first-order valence-electron chi connectivity index (χ1n) is 7.17. The van der Waals surface area contributed by atoms with E-state index in [1.807, 2.05) is 24.0 Å². The molecule has 0 bridgehead atoms. The second kappa shape index (κ2) is 6.02. The standard InChI is InChI=1S/C15H18N4O2S/c1-13-7-8-16-15(17-13)18-9-11-19(12-10-18)22(20,21)14-5-3-2-4-6-14/h2-8H,9-12H2,1H3. The minimum absolute atomic E-state index is 0.343. The summed E-state index contributed by atoms with van der Waals surface area (Å²) in [5.41, 5.74) is 0.907. The Morgan fingerprint density at radius 2 is 1.68 bits per heavy atom. The molecule has 0 saturated carbocycles. The molecule has 1 aromatic carbocycles. The Morgan fingerprint density at radius 1 is 1.00 bits per heavy atom. The van der Waals surface area contributed by atoms with Crippen LogP contribution in [0.2, 0.25) is 0 Å². The van der Waals surface area contributed by atoms with Gasteiger partial charge in [-0.1, -0.05) is 18.2 Å². The predicted octanol–water partition coefficient (Wildman–Crippen LogP) is 1.30. The van der Waals surface area contributed by atoms with Crippen LogP contribution in [0, 0.1) is 6.92 Å². The Balaban J connectivity index is 1.72. The number of aromatic nitrogens is 2. The summed E-state index contributed by atoms with van der Waals surface area (Å²) < 4.78 is 26.6. The molecular weight excluding hydrogens is 300 g/mol. The molecule has 1 aliphatic rings. The summed E-state index contributed by atoms with van der Waals surface area (Å²) in [5, 5.41) is 0. The molecule has 1 aromatic heterocycles. The summed E-state index contributed by atoms with van der Waals surface area (Å²) in [6.45, 7) is 3.98. The molecule has 116 valence electrons. The minimum atomic E-state index is -3.41. The Hall–Kier alpha value is -1.99. The zero-order valence-corrected chi connectivity index (χ0v) is 13.2. The highest BCUT2D eigenvalue weighted by Gasteiger charge is 2.29. The summed E-state index contributed by atoms with van der Waals surface area (Å²) in [6.07, 6.45) is 1.73. The van der Waals surface area contributed by atoms with Crippen molar-refractivity contribution in [2.24, 2.45) is 0 Å². The maximum Gasteiger partial charge on any atom is 0.243 e. The zero-order valence-electron chi connectivity index (χ0n) is 12.4. The van der Waals surface area contributed by atoms with E-state index in [9.17, 15) is 8.42 Å². The van der Waals surface area contributed by atoms with Crippen LogP contribution in [0.3, 0.4) is 0 Å². The van der Waals surface area contributed by atoms with Crippen molar-refractivity contribution < 1.29 is 8.42 Å². The van der Waals surface area contributed by atoms with Crippen LogP contribution in [-0.2, 0) is 10.0 Å². The molecule has 0 radical (unpaired) electrons. The van der Waals surface area contributed by atoms with Crippen LogP contribution >= 0.6 is 0 Å². The van der Waals surface area contributed by atoms with E-state index in [-0.39, 0.29) is 0 Å². The van der Waals surface area contributed by atoms with Crippen molar-refractivity contribution in [2.75, 3.05) is 31.1 Å². The fraction of sp³-hybridized carbons (Fsp3) is 0.333. The van der Waals surface area contributed by atoms with Crippen LogP contribution in [0.25, 0.3) is 0 Å². The summed E-state index contributed by atoms with van der Waals surface area (Å²) in [5.74, 6) is 0.664. The van der Waals surface area contributed by atoms with E-state index in [1.165, 1.54) is 4.31 Å². The molecule has 2 aromatic rings. The third-order valence-corrected chi connectivity index (χ3v) is 5.60. The van der Waals surface area contributed by atoms with Crippen molar-refractivity contribution in [1.82, 2.24) is 14.3 Å². The van der Waals surface area contributed by atoms with Gasteiger partial charge in [-0.3, -0.25) is 0 Å². The molecular formula is C15H18N4O2S. The lowest BCUT2D eigenvalue weighted by atomic mass is 10.4. The second-order valence-corrected chi connectivity index (χ2v) is 7.14. The van der Waals surface area contributed by atoms with Crippen LogP contribution in [0.4, 0.5) is 5.95 Å². The third kappa shape index (κ3) is 2.95. The summed E-state index contributed by atoms with van der Waals surface area (Å²) in [6, 6.07) is 10.4. The summed E-state index contributed by atoms with van der Waals surface area (Å²) in [4.78, 5) is 11.0. The van der Waals surface area contributed by atoms with Gasteiger partial charge in [-0.15, -0.1) is 0 Å². The monoisotopic (exact) mass is 318 g/mol. The van der Waals surface area contributed by atoms with E-state index in [0.29, 0.717) is 37.0 Å². The van der Waals surface area contributed by atoms with E-state index in [1.54, 1.807) is 30.5 Å². The lowest BCUT2D eigenvalue weighted by Crippen LogP contribution is -2.49. The first-order chi connectivity index (χ1) is 10.6. The fourth-order valence-corrected chi connectivity index (χ4v) is 3.90. The van der Waals surface area contributed by atoms with E-state index < -0.39 is 10.0 Å². The van der Waals surface area contributed by atoms with Gasteiger partial charge in [0.05, 0.1) is 4.90 Å². The first-order valence-corrected chi connectivity index (χ1v) is 8.61. The van der Waals surface area contributed by atoms with Crippen molar-refractivity contribution in [2.45, 2.75) is 11.8 Å². The highest BCUT2D eigenvalue weighted by atomic mass is 32.2. The molecule has 1 aliphatic heterocycles. The highest BCUT2D eigenvalue weighted by molar-refractivity contribution is 7.89. The molecule has 1 fully saturated rings. The molecule has 6 nitrogen and oxygen atoms in total. The van der Waals surface area contributed by atoms with Gasteiger partial charge in [-0.2, -0.15) is 4.31 Å². The molecule has 0 spiro atoms. The number of anilines is 1. The fourth-order valence-electron chi connectivity index (χ4n) is 2.46. The Bertz CT molecular complexity index is 741. The summed E-state index contributed by atoms with van der Waals surface area (Å²) in [7, 11) is -3.41. The van der Waals surface area contributed by atoms with Crippen LogP contribution in [-0.4, -0.2) is 48.9 Å². The van der Waals surface area contributed by atoms with Gasteiger partial charge in [0.1, 0.15) is 0 Å². The molecule has 2 heterocycles. The number of aryl methyl sites for hydroxylation is 1. The molecule has 22 heavy (non-hydrogen) atoms. The number of nitrogens with zero attached hydrogens (tertiary/aromatic N) is 4. The van der Waals surface area contributed by atoms with Crippen molar-refractivity contribution in [3.05, 3.63) is 48.3 Å². The largest absolute Gasteiger partial charge is 0.338 e. The number of rotatable bonds is 3. The van der Waals surface area contributed by atoms with Crippen molar-refractivity contribution in [3.63, 3.8) is 0 Å². The van der Waals surface area contributed by atoms with Gasteiger partial charge < -0.3 is 4.90 Å². The zero-order chi connectivity index (χ0) is 15.6. The molecule has 1 saturated heterocycles. The maximum atomic E-state index is 12.6. The van der Waals surface area contributed by atoms with Crippen molar-refractivity contribution in [1.29, 1.82) is 0 Å².